The molecule has 0 saturated carbocycles. The number of carbonyl (C=O) groups excluding carboxylic acids is 1. The molecule has 0 fully saturated rings. The van der Waals surface area contributed by atoms with Crippen LogP contribution in [0.15, 0.2) is 35.9 Å². The molecule has 0 bridgehead atoms. The number of hydrogen-bond donors (Lipinski definition) is 1. The van der Waals surface area contributed by atoms with Crippen LogP contribution in [0.25, 0.3) is 0 Å². The molecule has 17 heavy (non-hydrogen) atoms. The maximum absolute atomic E-state index is 11.1. The van der Waals surface area contributed by atoms with Gasteiger partial charge in [-0.1, -0.05) is 24.3 Å². The summed E-state index contributed by atoms with van der Waals surface area (Å²) in [6, 6.07) is 7.89. The smallest absolute Gasteiger partial charge is 0.331 e. The van der Waals surface area contributed by atoms with E-state index in [1.54, 1.807) is 0 Å². The zero-order valence-electron chi connectivity index (χ0n) is 9.48. The molecule has 1 aromatic carbocycles. The average Bonchev–Trinajstić information content (AvgIpc) is 2.77. The van der Waals surface area contributed by atoms with E-state index in [9.17, 15) is 9.90 Å². The molecule has 1 unspecified atom stereocenters. The number of cyclic esters (lactones) is 1. The second kappa shape index (κ2) is 3.70. The standard InChI is InChI=1S/C14H14O3/c15-13-8-11(9-17-13)14(16)7-3-5-10-4-1-2-6-12(10)14/h1-2,4,6,8,16H,3,5,7,9H2. The summed E-state index contributed by atoms with van der Waals surface area (Å²) >= 11 is 0. The Labute approximate surface area is 99.7 Å². The molecule has 88 valence electrons. The maximum Gasteiger partial charge on any atom is 0.331 e. The number of aliphatic hydroxyl groups is 1. The number of aryl methyl sites for hydroxylation is 1. The van der Waals surface area contributed by atoms with Crippen molar-refractivity contribution >= 4 is 5.97 Å². The number of hydrogen-bond acceptors (Lipinski definition) is 3. The average molecular weight is 230 g/mol. The summed E-state index contributed by atoms with van der Waals surface area (Å²) in [5.74, 6) is -0.350. The molecule has 3 heteroatoms. The van der Waals surface area contributed by atoms with Crippen LogP contribution in [0, 0.1) is 0 Å². The van der Waals surface area contributed by atoms with Gasteiger partial charge in [0.2, 0.25) is 0 Å². The van der Waals surface area contributed by atoms with Gasteiger partial charge in [0.25, 0.3) is 0 Å². The molecule has 1 N–H and O–H groups in total. The number of carbonyl (C=O) groups is 1. The Hall–Kier alpha value is -1.61. The van der Waals surface area contributed by atoms with E-state index in [2.05, 4.69) is 0 Å². The van der Waals surface area contributed by atoms with Gasteiger partial charge in [-0.3, -0.25) is 0 Å². The molecule has 0 spiro atoms. The van der Waals surface area contributed by atoms with Crippen LogP contribution in [0.1, 0.15) is 24.0 Å². The van der Waals surface area contributed by atoms with Crippen molar-refractivity contribution in [2.75, 3.05) is 6.61 Å². The molecule has 0 saturated heterocycles. The summed E-state index contributed by atoms with van der Waals surface area (Å²) in [7, 11) is 0. The van der Waals surface area contributed by atoms with Crippen molar-refractivity contribution in [3.63, 3.8) is 0 Å². The molecule has 1 aromatic rings. The number of ether oxygens (including phenoxy) is 1. The fourth-order valence-corrected chi connectivity index (χ4v) is 2.76. The monoisotopic (exact) mass is 230 g/mol. The van der Waals surface area contributed by atoms with Crippen LogP contribution in [0.4, 0.5) is 0 Å². The first-order valence-corrected chi connectivity index (χ1v) is 5.89. The van der Waals surface area contributed by atoms with E-state index in [-0.39, 0.29) is 12.6 Å². The minimum atomic E-state index is -1.01. The molecule has 2 aliphatic rings. The number of esters is 1. The quantitative estimate of drug-likeness (QED) is 0.747. The van der Waals surface area contributed by atoms with Crippen molar-refractivity contribution in [1.29, 1.82) is 0 Å². The first-order chi connectivity index (χ1) is 8.20. The molecule has 0 radical (unpaired) electrons. The largest absolute Gasteiger partial charge is 0.458 e. The topological polar surface area (TPSA) is 46.5 Å². The van der Waals surface area contributed by atoms with E-state index in [0.717, 1.165) is 18.4 Å². The summed E-state index contributed by atoms with van der Waals surface area (Å²) in [5, 5.41) is 10.8. The molecule has 1 atom stereocenters. The zero-order valence-corrected chi connectivity index (χ0v) is 9.48. The summed E-state index contributed by atoms with van der Waals surface area (Å²) in [5.41, 5.74) is 1.77. The molecule has 1 heterocycles. The molecular weight excluding hydrogens is 216 g/mol. The Morgan fingerprint density at radius 2 is 2.12 bits per heavy atom. The Balaban J connectivity index is 2.10. The van der Waals surface area contributed by atoms with Gasteiger partial charge in [-0.05, 0) is 30.4 Å². The van der Waals surface area contributed by atoms with E-state index < -0.39 is 5.60 Å². The summed E-state index contributed by atoms with van der Waals surface area (Å²) in [4.78, 5) is 11.1. The third-order valence-corrected chi connectivity index (χ3v) is 3.64. The summed E-state index contributed by atoms with van der Waals surface area (Å²) in [6.07, 6.45) is 4.01. The lowest BCUT2D eigenvalue weighted by atomic mass is 9.75. The van der Waals surface area contributed by atoms with Crippen molar-refractivity contribution < 1.29 is 14.6 Å². The maximum atomic E-state index is 11.1. The number of rotatable bonds is 1. The molecule has 1 aliphatic carbocycles. The first-order valence-electron chi connectivity index (χ1n) is 5.89. The van der Waals surface area contributed by atoms with Gasteiger partial charge in [-0.2, -0.15) is 0 Å². The van der Waals surface area contributed by atoms with Crippen molar-refractivity contribution in [2.24, 2.45) is 0 Å². The van der Waals surface area contributed by atoms with Crippen LogP contribution >= 0.6 is 0 Å². The minimum absolute atomic E-state index is 0.212. The van der Waals surface area contributed by atoms with E-state index in [4.69, 9.17) is 4.74 Å². The summed E-state index contributed by atoms with van der Waals surface area (Å²) in [6.45, 7) is 0.212. The highest BCUT2D eigenvalue weighted by molar-refractivity contribution is 5.86. The zero-order chi connectivity index (χ0) is 11.9. The number of fused-ring (bicyclic) bond motifs is 1. The van der Waals surface area contributed by atoms with Crippen molar-refractivity contribution in [1.82, 2.24) is 0 Å². The van der Waals surface area contributed by atoms with Crippen molar-refractivity contribution in [3.8, 4) is 0 Å². The van der Waals surface area contributed by atoms with Gasteiger partial charge < -0.3 is 9.84 Å². The fourth-order valence-electron chi connectivity index (χ4n) is 2.76. The summed E-state index contributed by atoms with van der Waals surface area (Å²) < 4.78 is 4.91. The van der Waals surface area contributed by atoms with Gasteiger partial charge in [-0.25, -0.2) is 4.79 Å². The van der Waals surface area contributed by atoms with Crippen LogP contribution in [0.5, 0.6) is 0 Å². The molecule has 0 amide bonds. The lowest BCUT2D eigenvalue weighted by molar-refractivity contribution is -0.135. The highest BCUT2D eigenvalue weighted by Crippen LogP contribution is 2.41. The van der Waals surface area contributed by atoms with E-state index in [0.29, 0.717) is 12.0 Å². The Morgan fingerprint density at radius 3 is 2.88 bits per heavy atom. The fraction of sp³-hybridized carbons (Fsp3) is 0.357. The molecule has 3 nitrogen and oxygen atoms in total. The van der Waals surface area contributed by atoms with E-state index in [1.165, 1.54) is 11.6 Å². The third kappa shape index (κ3) is 1.58. The van der Waals surface area contributed by atoms with Gasteiger partial charge in [0.15, 0.2) is 0 Å². The van der Waals surface area contributed by atoms with Gasteiger partial charge >= 0.3 is 5.97 Å². The van der Waals surface area contributed by atoms with Crippen LogP contribution in [0.2, 0.25) is 0 Å². The van der Waals surface area contributed by atoms with Crippen molar-refractivity contribution in [3.05, 3.63) is 47.0 Å². The predicted octanol–water partition coefficient (Wildman–Crippen LogP) is 1.69. The predicted molar refractivity (Wildman–Crippen MR) is 62.3 cm³/mol. The normalized spacial score (nSPS) is 27.4. The Bertz CT molecular complexity index is 504. The Morgan fingerprint density at radius 1 is 1.29 bits per heavy atom. The molecular formula is C14H14O3. The third-order valence-electron chi connectivity index (χ3n) is 3.64. The highest BCUT2D eigenvalue weighted by Gasteiger charge is 2.40. The van der Waals surface area contributed by atoms with Gasteiger partial charge in [0, 0.05) is 11.6 Å². The lowest BCUT2D eigenvalue weighted by Gasteiger charge is -2.35. The second-order valence-electron chi connectivity index (χ2n) is 4.65. The first kappa shape index (κ1) is 10.5. The van der Waals surface area contributed by atoms with Crippen molar-refractivity contribution in [2.45, 2.75) is 24.9 Å². The SMILES string of the molecule is O=C1C=C(C2(O)CCCc3ccccc32)CO1. The lowest BCUT2D eigenvalue weighted by Crippen LogP contribution is -2.33. The highest BCUT2D eigenvalue weighted by atomic mass is 16.5. The van der Waals surface area contributed by atoms with Gasteiger partial charge in [-0.15, -0.1) is 0 Å². The Kier molecular flexibility index (Phi) is 2.30. The van der Waals surface area contributed by atoms with E-state index >= 15 is 0 Å². The van der Waals surface area contributed by atoms with Crippen LogP contribution < -0.4 is 0 Å². The second-order valence-corrected chi connectivity index (χ2v) is 4.65. The van der Waals surface area contributed by atoms with Crippen LogP contribution in [0.3, 0.4) is 0 Å². The molecule has 1 aliphatic heterocycles. The van der Waals surface area contributed by atoms with Crippen LogP contribution in [-0.4, -0.2) is 17.7 Å². The molecule has 3 rings (SSSR count). The van der Waals surface area contributed by atoms with Crippen LogP contribution in [-0.2, 0) is 21.6 Å². The number of benzene rings is 1. The van der Waals surface area contributed by atoms with E-state index in [1.807, 2.05) is 24.3 Å². The molecule has 0 aromatic heterocycles. The van der Waals surface area contributed by atoms with Gasteiger partial charge in [0.05, 0.1) is 0 Å². The minimum Gasteiger partial charge on any atom is -0.458 e. The van der Waals surface area contributed by atoms with Gasteiger partial charge in [0.1, 0.15) is 12.2 Å².